The van der Waals surface area contributed by atoms with Gasteiger partial charge in [-0.15, -0.1) is 0 Å². The van der Waals surface area contributed by atoms with Crippen LogP contribution in [0.25, 0.3) is 0 Å². The summed E-state index contributed by atoms with van der Waals surface area (Å²) >= 11 is 7.86. The molecule has 1 heterocycles. The number of aryl methyl sites for hydroxylation is 1. The molecule has 0 saturated carbocycles. The highest BCUT2D eigenvalue weighted by atomic mass is 35.5. The third kappa shape index (κ3) is 3.46. The van der Waals surface area contributed by atoms with E-state index in [1.54, 1.807) is 0 Å². The van der Waals surface area contributed by atoms with Crippen LogP contribution in [-0.2, 0) is 0 Å². The molecule has 0 radical (unpaired) electrons. The zero-order valence-corrected chi connectivity index (χ0v) is 13.4. The van der Waals surface area contributed by atoms with E-state index < -0.39 is 0 Å². The minimum absolute atomic E-state index is 0.388. The largest absolute Gasteiger partial charge is 0.335 e. The number of halogens is 1. The predicted octanol–water partition coefficient (Wildman–Crippen LogP) is 4.97. The van der Waals surface area contributed by atoms with Crippen molar-refractivity contribution in [1.29, 1.82) is 0 Å². The molecular weight excluding hydrogens is 276 g/mol. The van der Waals surface area contributed by atoms with Gasteiger partial charge in [0.15, 0.2) is 5.17 Å². The summed E-state index contributed by atoms with van der Waals surface area (Å²) in [7, 11) is 0. The average molecular weight is 297 g/mol. The molecule has 1 aromatic rings. The fraction of sp³-hybridized carbons (Fsp3) is 0.533. The molecule has 2 nitrogen and oxygen atoms in total. The van der Waals surface area contributed by atoms with Crippen molar-refractivity contribution in [3.05, 3.63) is 28.8 Å². The van der Waals surface area contributed by atoms with E-state index in [9.17, 15) is 0 Å². The lowest BCUT2D eigenvalue weighted by Crippen LogP contribution is -2.32. The molecule has 4 heteroatoms. The number of rotatable bonds is 3. The van der Waals surface area contributed by atoms with Crippen molar-refractivity contribution < 1.29 is 0 Å². The summed E-state index contributed by atoms with van der Waals surface area (Å²) in [6.45, 7) is 7.53. The highest BCUT2D eigenvalue weighted by Crippen LogP contribution is 2.35. The molecule has 0 unspecified atom stereocenters. The van der Waals surface area contributed by atoms with Gasteiger partial charge in [-0.25, -0.2) is 0 Å². The Hall–Kier alpha value is -0.670. The molecule has 0 amide bonds. The van der Waals surface area contributed by atoms with Crippen molar-refractivity contribution in [3.63, 3.8) is 0 Å². The number of benzene rings is 1. The Morgan fingerprint density at radius 3 is 2.68 bits per heavy atom. The van der Waals surface area contributed by atoms with Crippen LogP contribution in [0.15, 0.2) is 23.2 Å². The topological polar surface area (TPSA) is 24.4 Å². The summed E-state index contributed by atoms with van der Waals surface area (Å²) in [4.78, 5) is 4.72. The van der Waals surface area contributed by atoms with Gasteiger partial charge in [-0.05, 0) is 42.9 Å². The summed E-state index contributed by atoms with van der Waals surface area (Å²) in [5, 5.41) is 5.18. The molecule has 0 atom stereocenters. The molecule has 1 aliphatic heterocycles. The number of hydrogen-bond donors (Lipinski definition) is 1. The third-order valence-electron chi connectivity index (χ3n) is 4.01. The van der Waals surface area contributed by atoms with Crippen molar-refractivity contribution in [2.45, 2.75) is 33.6 Å². The molecule has 1 aliphatic rings. The maximum atomic E-state index is 6.04. The van der Waals surface area contributed by atoms with Crippen molar-refractivity contribution in [1.82, 2.24) is 0 Å². The first-order chi connectivity index (χ1) is 9.08. The molecule has 1 N–H and O–H groups in total. The van der Waals surface area contributed by atoms with Gasteiger partial charge in [-0.2, -0.15) is 0 Å². The van der Waals surface area contributed by atoms with Crippen LogP contribution in [0.4, 0.5) is 5.69 Å². The van der Waals surface area contributed by atoms with Gasteiger partial charge in [0.05, 0.1) is 0 Å². The number of thioether (sulfide) groups is 1. The van der Waals surface area contributed by atoms with Gasteiger partial charge in [0, 0.05) is 23.0 Å². The molecule has 2 rings (SSSR count). The monoisotopic (exact) mass is 296 g/mol. The highest BCUT2D eigenvalue weighted by molar-refractivity contribution is 8.14. The van der Waals surface area contributed by atoms with Crippen LogP contribution in [0, 0.1) is 12.3 Å². The minimum Gasteiger partial charge on any atom is -0.335 e. The van der Waals surface area contributed by atoms with Crippen LogP contribution in [0.1, 0.15) is 32.3 Å². The lowest BCUT2D eigenvalue weighted by molar-refractivity contribution is 0.318. The van der Waals surface area contributed by atoms with Gasteiger partial charge >= 0.3 is 0 Å². The van der Waals surface area contributed by atoms with Crippen molar-refractivity contribution in [2.75, 3.05) is 17.6 Å². The van der Waals surface area contributed by atoms with E-state index in [4.69, 9.17) is 16.6 Å². The van der Waals surface area contributed by atoms with Gasteiger partial charge in [0.2, 0.25) is 0 Å². The number of amidine groups is 1. The van der Waals surface area contributed by atoms with Crippen LogP contribution in [-0.4, -0.2) is 17.5 Å². The van der Waals surface area contributed by atoms with Crippen LogP contribution in [0.3, 0.4) is 0 Å². The normalized spacial score (nSPS) is 18.0. The van der Waals surface area contributed by atoms with E-state index in [-0.39, 0.29) is 0 Å². The zero-order valence-electron chi connectivity index (χ0n) is 11.8. The first-order valence-corrected chi connectivity index (χ1v) is 8.15. The maximum absolute atomic E-state index is 6.04. The molecular formula is C15H21ClN2S. The second kappa shape index (κ2) is 6.19. The fourth-order valence-corrected chi connectivity index (χ4v) is 3.60. The van der Waals surface area contributed by atoms with Crippen LogP contribution in [0.5, 0.6) is 0 Å². The first-order valence-electron chi connectivity index (χ1n) is 6.79. The van der Waals surface area contributed by atoms with E-state index in [0.717, 1.165) is 28.2 Å². The molecule has 0 aromatic heterocycles. The number of anilines is 1. The first kappa shape index (κ1) is 14.7. The molecule has 19 heavy (non-hydrogen) atoms. The Bertz CT molecular complexity index is 481. The quantitative estimate of drug-likeness (QED) is 0.851. The van der Waals surface area contributed by atoms with Gasteiger partial charge < -0.3 is 5.32 Å². The van der Waals surface area contributed by atoms with E-state index >= 15 is 0 Å². The molecule has 104 valence electrons. The second-order valence-electron chi connectivity index (χ2n) is 5.20. The summed E-state index contributed by atoms with van der Waals surface area (Å²) < 4.78 is 0. The summed E-state index contributed by atoms with van der Waals surface area (Å²) in [5.41, 5.74) is 2.63. The second-order valence-corrected chi connectivity index (χ2v) is 6.60. The smallest absolute Gasteiger partial charge is 0.161 e. The van der Waals surface area contributed by atoms with Crippen molar-refractivity contribution in [2.24, 2.45) is 10.4 Å². The zero-order chi connectivity index (χ0) is 13.9. The average Bonchev–Trinajstić information content (AvgIpc) is 2.44. The Labute approximate surface area is 125 Å². The van der Waals surface area contributed by atoms with E-state index in [1.165, 1.54) is 18.4 Å². The minimum atomic E-state index is 0.388. The third-order valence-corrected chi connectivity index (χ3v) is 5.51. The predicted molar refractivity (Wildman–Crippen MR) is 87.6 cm³/mol. The Morgan fingerprint density at radius 2 is 2.11 bits per heavy atom. The van der Waals surface area contributed by atoms with Gasteiger partial charge in [0.1, 0.15) is 0 Å². The molecule has 0 fully saturated rings. The Kier molecular flexibility index (Phi) is 4.80. The van der Waals surface area contributed by atoms with Crippen LogP contribution >= 0.6 is 23.4 Å². The van der Waals surface area contributed by atoms with Gasteiger partial charge in [-0.1, -0.05) is 43.3 Å². The number of hydrogen-bond acceptors (Lipinski definition) is 3. The molecule has 0 saturated heterocycles. The van der Waals surface area contributed by atoms with Crippen LogP contribution in [0.2, 0.25) is 5.02 Å². The summed E-state index contributed by atoms with van der Waals surface area (Å²) in [5.74, 6) is 1.14. The van der Waals surface area contributed by atoms with Crippen molar-refractivity contribution in [3.8, 4) is 0 Å². The summed E-state index contributed by atoms with van der Waals surface area (Å²) in [6, 6.07) is 5.90. The number of nitrogens with zero attached hydrogens (tertiary/aromatic N) is 1. The van der Waals surface area contributed by atoms with Crippen molar-refractivity contribution >= 4 is 34.2 Å². The molecule has 0 bridgehead atoms. The summed E-state index contributed by atoms with van der Waals surface area (Å²) in [6.07, 6.45) is 2.40. The van der Waals surface area contributed by atoms with Gasteiger partial charge in [0.25, 0.3) is 0 Å². The maximum Gasteiger partial charge on any atom is 0.161 e. The molecule has 0 spiro atoms. The molecule has 0 aliphatic carbocycles. The van der Waals surface area contributed by atoms with E-state index in [0.29, 0.717) is 5.41 Å². The van der Waals surface area contributed by atoms with Gasteiger partial charge in [-0.3, -0.25) is 4.99 Å². The van der Waals surface area contributed by atoms with Crippen LogP contribution < -0.4 is 5.32 Å². The van der Waals surface area contributed by atoms with E-state index in [1.807, 2.05) is 30.0 Å². The number of aliphatic imine (C=N–C) groups is 1. The SMILES string of the molecule is CCC1(CC)CN=C(Nc2cc(Cl)ccc2C)SC1. The molecule has 1 aromatic carbocycles. The van der Waals surface area contributed by atoms with E-state index in [2.05, 4.69) is 26.1 Å². The lowest BCUT2D eigenvalue weighted by atomic mass is 9.84. The number of nitrogens with one attached hydrogen (secondary N) is 1. The standard InChI is InChI=1S/C15H21ClN2S/c1-4-15(5-2)9-17-14(19-10-15)18-13-8-12(16)7-6-11(13)3/h6-8H,4-5,9-10H2,1-3H3,(H,17,18). The Morgan fingerprint density at radius 1 is 1.37 bits per heavy atom. The fourth-order valence-electron chi connectivity index (χ4n) is 2.15. The highest BCUT2D eigenvalue weighted by Gasteiger charge is 2.30. The lowest BCUT2D eigenvalue weighted by Gasteiger charge is -2.33. The Balaban J connectivity index is 2.09.